The number of thioether (sulfide) groups is 1. The van der Waals surface area contributed by atoms with Gasteiger partial charge in [-0.25, -0.2) is 9.97 Å². The van der Waals surface area contributed by atoms with Crippen molar-refractivity contribution in [1.82, 2.24) is 9.97 Å². The number of hydrogen-bond acceptors (Lipinski definition) is 5. The maximum atomic E-state index is 11.9. The zero-order chi connectivity index (χ0) is 13.3. The maximum absolute atomic E-state index is 11.9. The van der Waals surface area contributed by atoms with Crippen LogP contribution in [0.15, 0.2) is 6.07 Å². The molecule has 0 radical (unpaired) electrons. The molecule has 2 rings (SSSR count). The van der Waals surface area contributed by atoms with Crippen molar-refractivity contribution < 1.29 is 9.59 Å². The van der Waals surface area contributed by atoms with Gasteiger partial charge >= 0.3 is 0 Å². The first-order chi connectivity index (χ1) is 8.45. The van der Waals surface area contributed by atoms with Crippen molar-refractivity contribution in [3.63, 3.8) is 0 Å². The van der Waals surface area contributed by atoms with E-state index in [-0.39, 0.29) is 16.3 Å². The van der Waals surface area contributed by atoms with E-state index in [2.05, 4.69) is 9.97 Å². The van der Waals surface area contributed by atoms with Crippen LogP contribution < -0.4 is 4.90 Å². The van der Waals surface area contributed by atoms with Crippen LogP contribution in [-0.4, -0.2) is 32.8 Å². The predicted octanol–water partition coefficient (Wildman–Crippen LogP) is 1.48. The average molecular weight is 265 g/mol. The third-order valence-corrected chi connectivity index (χ3v) is 3.62. The Labute approximate surface area is 110 Å². The fourth-order valence-corrected chi connectivity index (χ4v) is 2.93. The first kappa shape index (κ1) is 13.0. The molecule has 1 aliphatic rings. The van der Waals surface area contributed by atoms with E-state index in [1.165, 1.54) is 18.7 Å². The predicted molar refractivity (Wildman–Crippen MR) is 70.5 cm³/mol. The van der Waals surface area contributed by atoms with Gasteiger partial charge in [0.05, 0.1) is 0 Å². The summed E-state index contributed by atoms with van der Waals surface area (Å²) in [6.45, 7) is 5.78. The van der Waals surface area contributed by atoms with Crippen molar-refractivity contribution in [2.45, 2.75) is 32.4 Å². The third kappa shape index (κ3) is 2.87. The van der Waals surface area contributed by atoms with Gasteiger partial charge in [-0.3, -0.25) is 14.5 Å². The lowest BCUT2D eigenvalue weighted by atomic mass is 10.3. The van der Waals surface area contributed by atoms with Crippen molar-refractivity contribution in [3.05, 3.63) is 17.5 Å². The number of hydrogen-bond donors (Lipinski definition) is 0. The lowest BCUT2D eigenvalue weighted by Gasteiger charge is -2.14. The summed E-state index contributed by atoms with van der Waals surface area (Å²) < 4.78 is 0. The molecule has 1 aromatic heterocycles. The summed E-state index contributed by atoms with van der Waals surface area (Å²) in [4.78, 5) is 33.1. The Morgan fingerprint density at radius 1 is 1.39 bits per heavy atom. The van der Waals surface area contributed by atoms with Gasteiger partial charge in [0.2, 0.25) is 11.9 Å². The molecule has 0 saturated carbocycles. The molecule has 18 heavy (non-hydrogen) atoms. The van der Waals surface area contributed by atoms with E-state index < -0.39 is 0 Å². The van der Waals surface area contributed by atoms with Crippen molar-refractivity contribution in [3.8, 4) is 0 Å². The Balaban J connectivity index is 2.18. The number of nitrogens with zero attached hydrogens (tertiary/aromatic N) is 3. The molecule has 0 bridgehead atoms. The second kappa shape index (κ2) is 5.06. The molecule has 0 aliphatic carbocycles. The minimum absolute atomic E-state index is 0.0134. The smallest absolute Gasteiger partial charge is 0.232 e. The van der Waals surface area contributed by atoms with Gasteiger partial charge in [0.1, 0.15) is 0 Å². The number of amides is 1. The highest BCUT2D eigenvalue weighted by molar-refractivity contribution is 8.14. The Morgan fingerprint density at radius 2 is 2.00 bits per heavy atom. The Bertz CT molecular complexity index is 484. The standard InChI is InChI=1S/C12H15N3O2S/c1-7-4-8(2)14-12(13-7)15-6-10(5-11(15)17)18-9(3)16/h4,10H,5-6H2,1-3H3. The fraction of sp³-hybridized carbons (Fsp3) is 0.500. The molecule has 2 heterocycles. The molecule has 0 spiro atoms. The molecular weight excluding hydrogens is 250 g/mol. The number of rotatable bonds is 2. The molecule has 1 unspecified atom stereocenters. The lowest BCUT2D eigenvalue weighted by molar-refractivity contribution is -0.117. The molecule has 0 N–H and O–H groups in total. The van der Waals surface area contributed by atoms with Crippen LogP contribution in [0.1, 0.15) is 24.7 Å². The van der Waals surface area contributed by atoms with Crippen LogP contribution >= 0.6 is 11.8 Å². The topological polar surface area (TPSA) is 63.2 Å². The van der Waals surface area contributed by atoms with Crippen molar-refractivity contribution >= 4 is 28.7 Å². The van der Waals surface area contributed by atoms with Crippen LogP contribution in [-0.2, 0) is 9.59 Å². The lowest BCUT2D eigenvalue weighted by Crippen LogP contribution is -2.27. The number of anilines is 1. The molecule has 1 amide bonds. The minimum Gasteiger partial charge on any atom is -0.288 e. The van der Waals surface area contributed by atoms with E-state index in [1.807, 2.05) is 19.9 Å². The molecule has 1 aliphatic heterocycles. The number of carbonyl (C=O) groups excluding carboxylic acids is 2. The number of aromatic nitrogens is 2. The van der Waals surface area contributed by atoms with Crippen LogP contribution in [0.3, 0.4) is 0 Å². The first-order valence-corrected chi connectivity index (χ1v) is 6.63. The summed E-state index contributed by atoms with van der Waals surface area (Å²) in [6, 6.07) is 1.87. The molecule has 96 valence electrons. The van der Waals surface area contributed by atoms with Gasteiger partial charge in [-0.05, 0) is 19.9 Å². The van der Waals surface area contributed by atoms with Crippen LogP contribution in [0.5, 0.6) is 0 Å². The van der Waals surface area contributed by atoms with E-state index in [4.69, 9.17) is 0 Å². The van der Waals surface area contributed by atoms with Crippen LogP contribution in [0.4, 0.5) is 5.95 Å². The maximum Gasteiger partial charge on any atom is 0.232 e. The SMILES string of the molecule is CC(=O)SC1CC(=O)N(c2nc(C)cc(C)n2)C1. The summed E-state index contributed by atoms with van der Waals surface area (Å²) in [5, 5.41) is 0.0513. The second-order valence-electron chi connectivity index (χ2n) is 4.39. The third-order valence-electron chi connectivity index (χ3n) is 2.63. The summed E-state index contributed by atoms with van der Waals surface area (Å²) in [5.41, 5.74) is 1.68. The first-order valence-electron chi connectivity index (χ1n) is 5.75. The van der Waals surface area contributed by atoms with E-state index in [0.29, 0.717) is 18.9 Å². The number of carbonyl (C=O) groups is 2. The van der Waals surface area contributed by atoms with Crippen LogP contribution in [0.25, 0.3) is 0 Å². The molecule has 0 aromatic carbocycles. The molecular formula is C12H15N3O2S. The summed E-state index contributed by atoms with van der Waals surface area (Å²) >= 11 is 1.22. The van der Waals surface area contributed by atoms with Crippen molar-refractivity contribution in [2.75, 3.05) is 11.4 Å². The Kier molecular flexibility index (Phi) is 3.65. The number of aryl methyl sites for hydroxylation is 2. The normalized spacial score (nSPS) is 19.4. The van der Waals surface area contributed by atoms with E-state index in [9.17, 15) is 9.59 Å². The van der Waals surface area contributed by atoms with E-state index in [1.54, 1.807) is 4.90 Å². The summed E-state index contributed by atoms with van der Waals surface area (Å²) in [7, 11) is 0. The minimum atomic E-state index is -0.0150. The van der Waals surface area contributed by atoms with Gasteiger partial charge in [-0.15, -0.1) is 0 Å². The largest absolute Gasteiger partial charge is 0.288 e. The highest BCUT2D eigenvalue weighted by atomic mass is 32.2. The van der Waals surface area contributed by atoms with Crippen molar-refractivity contribution in [1.29, 1.82) is 0 Å². The van der Waals surface area contributed by atoms with Crippen LogP contribution in [0.2, 0.25) is 0 Å². The zero-order valence-electron chi connectivity index (χ0n) is 10.6. The summed E-state index contributed by atoms with van der Waals surface area (Å²) in [6.07, 6.45) is 0.376. The molecule has 1 saturated heterocycles. The van der Waals surface area contributed by atoms with Crippen LogP contribution in [0, 0.1) is 13.8 Å². The van der Waals surface area contributed by atoms with Gasteiger partial charge < -0.3 is 0 Å². The zero-order valence-corrected chi connectivity index (χ0v) is 11.5. The summed E-state index contributed by atoms with van der Waals surface area (Å²) in [5.74, 6) is 0.433. The Morgan fingerprint density at radius 3 is 2.56 bits per heavy atom. The molecule has 1 fully saturated rings. The monoisotopic (exact) mass is 265 g/mol. The quantitative estimate of drug-likeness (QED) is 0.810. The second-order valence-corrected chi connectivity index (χ2v) is 5.87. The molecule has 5 nitrogen and oxygen atoms in total. The van der Waals surface area contributed by atoms with E-state index in [0.717, 1.165) is 11.4 Å². The highest BCUT2D eigenvalue weighted by Gasteiger charge is 2.33. The van der Waals surface area contributed by atoms with E-state index >= 15 is 0 Å². The Hall–Kier alpha value is -1.43. The molecule has 6 heteroatoms. The van der Waals surface area contributed by atoms with Gasteiger partial charge in [0.15, 0.2) is 5.12 Å². The molecule has 1 aromatic rings. The van der Waals surface area contributed by atoms with Crippen molar-refractivity contribution in [2.24, 2.45) is 0 Å². The van der Waals surface area contributed by atoms with Gasteiger partial charge in [-0.2, -0.15) is 0 Å². The average Bonchev–Trinajstić information content (AvgIpc) is 2.56. The van der Waals surface area contributed by atoms with Gasteiger partial charge in [0, 0.05) is 36.5 Å². The van der Waals surface area contributed by atoms with Gasteiger partial charge in [0.25, 0.3) is 0 Å². The highest BCUT2D eigenvalue weighted by Crippen LogP contribution is 2.26. The fourth-order valence-electron chi connectivity index (χ4n) is 2.01. The molecule has 1 atom stereocenters. The van der Waals surface area contributed by atoms with Gasteiger partial charge in [-0.1, -0.05) is 11.8 Å².